The molecule has 110 valence electrons. The van der Waals surface area contributed by atoms with Gasteiger partial charge in [-0.05, 0) is 23.9 Å². The fourth-order valence-electron chi connectivity index (χ4n) is 1.91. The molecule has 5 heteroatoms. The number of nitrogens with one attached hydrogen (secondary N) is 1. The molecule has 1 amide bonds. The molecule has 0 radical (unpaired) electrons. The molecule has 0 unspecified atom stereocenters. The van der Waals surface area contributed by atoms with E-state index >= 15 is 0 Å². The van der Waals surface area contributed by atoms with Crippen molar-refractivity contribution < 1.29 is 14.3 Å². The molecule has 0 fully saturated rings. The standard InChI is InChI=1S/C16H17NO3S/c1-11-3-5-12(6-4-11)13-8-10-21-15(13)16(19)17-9-7-14(18)20-2/h3-6,8,10H,7,9H2,1-2H3,(H,17,19). The van der Waals surface area contributed by atoms with E-state index in [4.69, 9.17) is 0 Å². The normalized spacial score (nSPS) is 10.2. The van der Waals surface area contributed by atoms with Crippen molar-refractivity contribution in [1.82, 2.24) is 5.32 Å². The van der Waals surface area contributed by atoms with Crippen molar-refractivity contribution in [3.8, 4) is 11.1 Å². The number of carbonyl (C=O) groups is 2. The van der Waals surface area contributed by atoms with Crippen LogP contribution in [0.2, 0.25) is 0 Å². The fraction of sp³-hybridized carbons (Fsp3) is 0.250. The number of thiophene rings is 1. The minimum absolute atomic E-state index is 0.163. The minimum atomic E-state index is -0.333. The quantitative estimate of drug-likeness (QED) is 0.864. The predicted octanol–water partition coefficient (Wildman–Crippen LogP) is 3.02. The number of amides is 1. The van der Waals surface area contributed by atoms with E-state index in [0.717, 1.165) is 11.1 Å². The molecule has 2 rings (SSSR count). The summed E-state index contributed by atoms with van der Waals surface area (Å²) in [6, 6.07) is 9.98. The summed E-state index contributed by atoms with van der Waals surface area (Å²) in [5.74, 6) is -0.496. The Kier molecular flexibility index (Phi) is 5.11. The maximum atomic E-state index is 12.2. The average Bonchev–Trinajstić information content (AvgIpc) is 2.97. The molecule has 0 saturated heterocycles. The van der Waals surface area contributed by atoms with Gasteiger partial charge in [-0.15, -0.1) is 11.3 Å². The van der Waals surface area contributed by atoms with Gasteiger partial charge < -0.3 is 10.1 Å². The Morgan fingerprint density at radius 2 is 1.90 bits per heavy atom. The number of aryl methyl sites for hydroxylation is 1. The van der Waals surface area contributed by atoms with Gasteiger partial charge in [-0.1, -0.05) is 29.8 Å². The molecular weight excluding hydrogens is 286 g/mol. The van der Waals surface area contributed by atoms with Gasteiger partial charge in [-0.3, -0.25) is 9.59 Å². The molecule has 0 aliphatic rings. The third kappa shape index (κ3) is 3.92. The van der Waals surface area contributed by atoms with Gasteiger partial charge in [0, 0.05) is 12.1 Å². The van der Waals surface area contributed by atoms with Gasteiger partial charge >= 0.3 is 5.97 Å². The molecule has 1 N–H and O–H groups in total. The van der Waals surface area contributed by atoms with Crippen molar-refractivity contribution in [3.63, 3.8) is 0 Å². The number of esters is 1. The van der Waals surface area contributed by atoms with Crippen LogP contribution >= 0.6 is 11.3 Å². The molecule has 0 bridgehead atoms. The highest BCUT2D eigenvalue weighted by atomic mass is 32.1. The van der Waals surface area contributed by atoms with E-state index in [1.165, 1.54) is 24.0 Å². The fourth-order valence-corrected chi connectivity index (χ4v) is 2.74. The predicted molar refractivity (Wildman–Crippen MR) is 83.5 cm³/mol. The zero-order valence-electron chi connectivity index (χ0n) is 12.0. The summed E-state index contributed by atoms with van der Waals surface area (Å²) in [5.41, 5.74) is 3.11. The van der Waals surface area contributed by atoms with Crippen LogP contribution in [0, 0.1) is 6.92 Å². The van der Waals surface area contributed by atoms with E-state index < -0.39 is 0 Å². The van der Waals surface area contributed by atoms with Crippen LogP contribution in [0.3, 0.4) is 0 Å². The molecule has 21 heavy (non-hydrogen) atoms. The third-order valence-electron chi connectivity index (χ3n) is 3.08. The Bertz CT molecular complexity index is 631. The first kappa shape index (κ1) is 15.3. The van der Waals surface area contributed by atoms with Crippen LogP contribution in [0.4, 0.5) is 0 Å². The smallest absolute Gasteiger partial charge is 0.307 e. The first-order chi connectivity index (χ1) is 10.1. The Morgan fingerprint density at radius 1 is 1.19 bits per heavy atom. The number of methoxy groups -OCH3 is 1. The molecule has 0 aliphatic heterocycles. The van der Waals surface area contributed by atoms with Crippen LogP contribution < -0.4 is 5.32 Å². The van der Waals surface area contributed by atoms with Gasteiger partial charge in [0.15, 0.2) is 0 Å². The monoisotopic (exact) mass is 303 g/mol. The number of hydrogen-bond donors (Lipinski definition) is 1. The van der Waals surface area contributed by atoms with Gasteiger partial charge in [-0.25, -0.2) is 0 Å². The van der Waals surface area contributed by atoms with E-state index in [0.29, 0.717) is 4.88 Å². The maximum Gasteiger partial charge on any atom is 0.307 e. The SMILES string of the molecule is COC(=O)CCNC(=O)c1sccc1-c1ccc(C)cc1. The second-order valence-corrected chi connectivity index (χ2v) is 5.53. The molecule has 0 atom stereocenters. The Morgan fingerprint density at radius 3 is 2.57 bits per heavy atom. The van der Waals surface area contributed by atoms with Gasteiger partial charge in [0.25, 0.3) is 5.91 Å². The largest absolute Gasteiger partial charge is 0.469 e. The summed E-state index contributed by atoms with van der Waals surface area (Å²) < 4.78 is 4.54. The third-order valence-corrected chi connectivity index (χ3v) is 3.99. The number of hydrogen-bond acceptors (Lipinski definition) is 4. The van der Waals surface area contributed by atoms with Crippen LogP contribution in [0.1, 0.15) is 21.7 Å². The number of ether oxygens (including phenoxy) is 1. The highest BCUT2D eigenvalue weighted by Gasteiger charge is 2.14. The van der Waals surface area contributed by atoms with Gasteiger partial charge in [0.1, 0.15) is 0 Å². The number of carbonyl (C=O) groups excluding carboxylic acids is 2. The highest BCUT2D eigenvalue weighted by molar-refractivity contribution is 7.12. The van der Waals surface area contributed by atoms with Gasteiger partial charge in [0.05, 0.1) is 18.4 Å². The lowest BCUT2D eigenvalue weighted by Gasteiger charge is -2.06. The second kappa shape index (κ2) is 7.04. The lowest BCUT2D eigenvalue weighted by Crippen LogP contribution is -2.26. The highest BCUT2D eigenvalue weighted by Crippen LogP contribution is 2.28. The zero-order valence-corrected chi connectivity index (χ0v) is 12.8. The van der Waals surface area contributed by atoms with E-state index in [9.17, 15) is 9.59 Å². The topological polar surface area (TPSA) is 55.4 Å². The Hall–Kier alpha value is -2.14. The zero-order chi connectivity index (χ0) is 15.2. The molecule has 0 aliphatic carbocycles. The molecule has 2 aromatic rings. The summed E-state index contributed by atoms with van der Waals surface area (Å²) in [4.78, 5) is 23.9. The lowest BCUT2D eigenvalue weighted by atomic mass is 10.0. The summed E-state index contributed by atoms with van der Waals surface area (Å²) in [7, 11) is 1.33. The first-order valence-electron chi connectivity index (χ1n) is 6.61. The summed E-state index contributed by atoms with van der Waals surface area (Å²) >= 11 is 1.39. The van der Waals surface area contributed by atoms with Crippen molar-refractivity contribution >= 4 is 23.2 Å². The van der Waals surface area contributed by atoms with Crippen LogP contribution in [0.25, 0.3) is 11.1 Å². The summed E-state index contributed by atoms with van der Waals surface area (Å²) in [6.07, 6.45) is 0.174. The van der Waals surface area contributed by atoms with E-state index in [1.807, 2.05) is 42.6 Å². The summed E-state index contributed by atoms with van der Waals surface area (Å²) in [6.45, 7) is 2.30. The Labute approximate surface area is 127 Å². The van der Waals surface area contributed by atoms with Crippen LogP contribution in [-0.4, -0.2) is 25.5 Å². The van der Waals surface area contributed by atoms with Crippen molar-refractivity contribution in [3.05, 3.63) is 46.2 Å². The van der Waals surface area contributed by atoms with Crippen LogP contribution in [-0.2, 0) is 9.53 Å². The van der Waals surface area contributed by atoms with E-state index in [2.05, 4.69) is 10.1 Å². The van der Waals surface area contributed by atoms with Crippen molar-refractivity contribution in [2.75, 3.05) is 13.7 Å². The molecule has 0 saturated carbocycles. The Balaban J connectivity index is 2.07. The van der Waals surface area contributed by atoms with E-state index in [1.54, 1.807) is 0 Å². The van der Waals surface area contributed by atoms with Crippen LogP contribution in [0.15, 0.2) is 35.7 Å². The molecule has 4 nitrogen and oxygen atoms in total. The van der Waals surface area contributed by atoms with E-state index in [-0.39, 0.29) is 24.8 Å². The maximum absolute atomic E-state index is 12.2. The van der Waals surface area contributed by atoms with Crippen molar-refractivity contribution in [2.45, 2.75) is 13.3 Å². The van der Waals surface area contributed by atoms with Gasteiger partial charge in [0.2, 0.25) is 0 Å². The second-order valence-electron chi connectivity index (χ2n) is 4.61. The first-order valence-corrected chi connectivity index (χ1v) is 7.49. The van der Waals surface area contributed by atoms with Crippen LogP contribution in [0.5, 0.6) is 0 Å². The summed E-state index contributed by atoms with van der Waals surface area (Å²) in [5, 5.41) is 4.64. The van der Waals surface area contributed by atoms with Crippen molar-refractivity contribution in [2.24, 2.45) is 0 Å². The number of rotatable bonds is 5. The molecule has 1 heterocycles. The number of benzene rings is 1. The van der Waals surface area contributed by atoms with Gasteiger partial charge in [-0.2, -0.15) is 0 Å². The molecular formula is C16H17NO3S. The molecule has 1 aromatic heterocycles. The minimum Gasteiger partial charge on any atom is -0.469 e. The average molecular weight is 303 g/mol. The van der Waals surface area contributed by atoms with Crippen molar-refractivity contribution in [1.29, 1.82) is 0 Å². The lowest BCUT2D eigenvalue weighted by molar-refractivity contribution is -0.140. The molecule has 1 aromatic carbocycles. The molecule has 0 spiro atoms.